The van der Waals surface area contributed by atoms with Crippen LogP contribution >= 0.6 is 0 Å². The van der Waals surface area contributed by atoms with Gasteiger partial charge in [-0.15, -0.1) is 0 Å². The van der Waals surface area contributed by atoms with Crippen molar-refractivity contribution in [3.05, 3.63) is 104 Å². The largest absolute Gasteiger partial charge is 0.481 e. The zero-order valence-electron chi connectivity index (χ0n) is 17.7. The summed E-state index contributed by atoms with van der Waals surface area (Å²) in [6, 6.07) is 14.5. The Balaban J connectivity index is 1.78. The fourth-order valence-electron chi connectivity index (χ4n) is 3.30. The number of benzene rings is 2. The second kappa shape index (κ2) is 10.2. The van der Waals surface area contributed by atoms with Gasteiger partial charge in [0.25, 0.3) is 11.2 Å². The van der Waals surface area contributed by atoms with Crippen LogP contribution in [0.1, 0.15) is 29.2 Å². The average molecular weight is 450 g/mol. The van der Waals surface area contributed by atoms with Crippen LogP contribution in [0.25, 0.3) is 0 Å². The van der Waals surface area contributed by atoms with Crippen LogP contribution in [0.4, 0.5) is 16.2 Å². The van der Waals surface area contributed by atoms with Gasteiger partial charge in [-0.05, 0) is 24.6 Å². The molecule has 0 unspecified atom stereocenters. The Morgan fingerprint density at radius 1 is 1.09 bits per heavy atom. The highest BCUT2D eigenvalue weighted by Crippen LogP contribution is 2.19. The molecule has 3 rings (SSSR count). The maximum Gasteiger partial charge on any atom is 0.319 e. The summed E-state index contributed by atoms with van der Waals surface area (Å²) in [4.78, 5) is 47.4. The first kappa shape index (κ1) is 23.2. The van der Waals surface area contributed by atoms with Crippen LogP contribution in [0.3, 0.4) is 0 Å². The molecule has 10 nitrogen and oxygen atoms in total. The number of nitro benzene ring substituents is 1. The summed E-state index contributed by atoms with van der Waals surface area (Å²) in [6.45, 7) is 1.83. The first-order valence-electron chi connectivity index (χ1n) is 10.0. The minimum Gasteiger partial charge on any atom is -0.481 e. The smallest absolute Gasteiger partial charge is 0.319 e. The topological polar surface area (TPSA) is 144 Å². The van der Waals surface area contributed by atoms with Gasteiger partial charge in [0.2, 0.25) is 0 Å². The van der Waals surface area contributed by atoms with E-state index in [-0.39, 0.29) is 24.3 Å². The van der Waals surface area contributed by atoms with Crippen molar-refractivity contribution in [1.82, 2.24) is 9.88 Å². The molecular weight excluding hydrogens is 428 g/mol. The number of urea groups is 1. The van der Waals surface area contributed by atoms with E-state index in [1.165, 1.54) is 35.0 Å². The maximum absolute atomic E-state index is 12.8. The van der Waals surface area contributed by atoms with E-state index in [4.69, 9.17) is 0 Å². The number of carboxylic acids is 1. The van der Waals surface area contributed by atoms with Crippen molar-refractivity contribution in [2.75, 3.05) is 5.32 Å². The molecule has 2 aromatic carbocycles. The van der Waals surface area contributed by atoms with Gasteiger partial charge in [0.15, 0.2) is 0 Å². The SMILES string of the molecule is Cc1ccc([C@H](CC(=O)O)NC(=O)Nc2cccn(Cc3ccccc3[N+](=O)[O-])c2=O)cc1. The normalized spacial score (nSPS) is 11.4. The van der Waals surface area contributed by atoms with Crippen LogP contribution in [-0.2, 0) is 11.3 Å². The lowest BCUT2D eigenvalue weighted by Crippen LogP contribution is -2.36. The van der Waals surface area contributed by atoms with Gasteiger partial charge in [-0.25, -0.2) is 4.79 Å². The molecule has 0 aliphatic heterocycles. The van der Waals surface area contributed by atoms with Gasteiger partial charge < -0.3 is 20.3 Å². The van der Waals surface area contributed by atoms with Gasteiger partial charge in [0.1, 0.15) is 5.69 Å². The molecule has 1 heterocycles. The number of para-hydroxylation sites is 1. The van der Waals surface area contributed by atoms with Crippen LogP contribution < -0.4 is 16.2 Å². The van der Waals surface area contributed by atoms with E-state index in [0.717, 1.165) is 5.56 Å². The lowest BCUT2D eigenvalue weighted by Gasteiger charge is -2.18. The number of nitrogens with one attached hydrogen (secondary N) is 2. The number of rotatable bonds is 8. The number of hydrogen-bond acceptors (Lipinski definition) is 5. The first-order chi connectivity index (χ1) is 15.7. The maximum atomic E-state index is 12.8. The van der Waals surface area contributed by atoms with Crippen molar-refractivity contribution in [3.63, 3.8) is 0 Å². The summed E-state index contributed by atoms with van der Waals surface area (Å²) in [5.41, 5.74) is 1.21. The number of nitro groups is 1. The molecular formula is C23H22N4O6. The number of amides is 2. The second-order valence-electron chi connectivity index (χ2n) is 7.40. The quantitative estimate of drug-likeness (QED) is 0.354. The highest BCUT2D eigenvalue weighted by molar-refractivity contribution is 5.89. The Labute approximate surface area is 188 Å². The number of pyridine rings is 1. The molecule has 33 heavy (non-hydrogen) atoms. The molecule has 1 atom stereocenters. The molecule has 10 heteroatoms. The van der Waals surface area contributed by atoms with Crippen LogP contribution in [0, 0.1) is 17.0 Å². The number of carbonyl (C=O) groups is 2. The van der Waals surface area contributed by atoms with Crippen LogP contribution in [0.15, 0.2) is 71.7 Å². The minimum absolute atomic E-state index is 0.0495. The number of aliphatic carboxylic acids is 1. The number of nitrogens with zero attached hydrogens (tertiary/aromatic N) is 2. The molecule has 1 aromatic heterocycles. The third-order valence-corrected chi connectivity index (χ3v) is 4.96. The van der Waals surface area contributed by atoms with Crippen molar-refractivity contribution >= 4 is 23.4 Å². The van der Waals surface area contributed by atoms with Crippen molar-refractivity contribution in [3.8, 4) is 0 Å². The molecule has 0 bridgehead atoms. The van der Waals surface area contributed by atoms with Crippen molar-refractivity contribution in [2.45, 2.75) is 25.9 Å². The average Bonchev–Trinajstić information content (AvgIpc) is 2.76. The minimum atomic E-state index is -1.09. The van der Waals surface area contributed by atoms with Gasteiger partial charge in [0.05, 0.1) is 23.9 Å². The van der Waals surface area contributed by atoms with Crippen LogP contribution in [0.2, 0.25) is 0 Å². The van der Waals surface area contributed by atoms with E-state index in [1.807, 2.05) is 19.1 Å². The van der Waals surface area contributed by atoms with Gasteiger partial charge in [0, 0.05) is 17.8 Å². The number of aryl methyl sites for hydroxylation is 1. The highest BCUT2D eigenvalue weighted by atomic mass is 16.6. The van der Waals surface area contributed by atoms with E-state index >= 15 is 0 Å². The zero-order valence-corrected chi connectivity index (χ0v) is 17.7. The molecule has 0 fully saturated rings. The fourth-order valence-corrected chi connectivity index (χ4v) is 3.30. The number of carboxylic acid groups (broad SMARTS) is 1. The van der Waals surface area contributed by atoms with Crippen LogP contribution in [0.5, 0.6) is 0 Å². The summed E-state index contributed by atoms with van der Waals surface area (Å²) >= 11 is 0. The van der Waals surface area contributed by atoms with Gasteiger partial charge in [-0.2, -0.15) is 0 Å². The van der Waals surface area contributed by atoms with Gasteiger partial charge >= 0.3 is 12.0 Å². The molecule has 0 aliphatic rings. The third-order valence-electron chi connectivity index (χ3n) is 4.96. The van der Waals surface area contributed by atoms with Crippen molar-refractivity contribution < 1.29 is 19.6 Å². The third kappa shape index (κ3) is 6.03. The number of anilines is 1. The molecule has 0 saturated carbocycles. The molecule has 0 radical (unpaired) electrons. The Morgan fingerprint density at radius 2 is 1.79 bits per heavy atom. The van der Waals surface area contributed by atoms with E-state index in [1.54, 1.807) is 24.3 Å². The lowest BCUT2D eigenvalue weighted by molar-refractivity contribution is -0.385. The number of aromatic nitrogens is 1. The van der Waals surface area contributed by atoms with Crippen molar-refractivity contribution in [1.29, 1.82) is 0 Å². The lowest BCUT2D eigenvalue weighted by atomic mass is 10.0. The Bertz CT molecular complexity index is 1240. The monoisotopic (exact) mass is 450 g/mol. The predicted molar refractivity (Wildman–Crippen MR) is 121 cm³/mol. The van der Waals surface area contributed by atoms with E-state index < -0.39 is 28.5 Å². The van der Waals surface area contributed by atoms with Gasteiger partial charge in [-0.1, -0.05) is 48.0 Å². The number of hydrogen-bond donors (Lipinski definition) is 3. The van der Waals surface area contributed by atoms with E-state index in [9.17, 15) is 29.6 Å². The first-order valence-corrected chi connectivity index (χ1v) is 10.0. The Kier molecular flexibility index (Phi) is 7.19. The summed E-state index contributed by atoms with van der Waals surface area (Å²) in [5.74, 6) is -1.09. The second-order valence-corrected chi connectivity index (χ2v) is 7.40. The fraction of sp³-hybridized carbons (Fsp3) is 0.174. The summed E-state index contributed by atoms with van der Waals surface area (Å²) in [6.07, 6.45) is 1.12. The molecule has 3 aromatic rings. The molecule has 0 spiro atoms. The van der Waals surface area contributed by atoms with Gasteiger partial charge in [-0.3, -0.25) is 19.7 Å². The number of carbonyl (C=O) groups excluding carboxylic acids is 1. The molecule has 170 valence electrons. The predicted octanol–water partition coefficient (Wildman–Crippen LogP) is 3.45. The van der Waals surface area contributed by atoms with Crippen LogP contribution in [-0.4, -0.2) is 26.6 Å². The molecule has 3 N–H and O–H groups in total. The highest BCUT2D eigenvalue weighted by Gasteiger charge is 2.19. The van der Waals surface area contributed by atoms with E-state index in [0.29, 0.717) is 11.1 Å². The Morgan fingerprint density at radius 3 is 2.45 bits per heavy atom. The summed E-state index contributed by atoms with van der Waals surface area (Å²) in [7, 11) is 0. The standard InChI is InChI=1S/C23H22N4O6/c1-15-8-10-16(11-9-15)19(13-21(28)29)25-23(31)24-18-6-4-12-26(22(18)30)14-17-5-2-3-7-20(17)27(32)33/h2-12,19H,13-14H2,1H3,(H,28,29)(H2,24,25,31)/t19-/m0/s1. The molecule has 0 saturated heterocycles. The zero-order chi connectivity index (χ0) is 24.0. The summed E-state index contributed by atoms with van der Waals surface area (Å²) in [5, 5.41) is 25.5. The molecule has 2 amide bonds. The summed E-state index contributed by atoms with van der Waals surface area (Å²) < 4.78 is 1.24. The van der Waals surface area contributed by atoms with Crippen molar-refractivity contribution in [2.24, 2.45) is 0 Å². The Hall–Kier alpha value is -4.47. The molecule has 0 aliphatic carbocycles. The van der Waals surface area contributed by atoms with E-state index in [2.05, 4.69) is 10.6 Å².